The summed E-state index contributed by atoms with van der Waals surface area (Å²) >= 11 is 1.16. The van der Waals surface area contributed by atoms with Crippen molar-refractivity contribution in [2.45, 2.75) is 18.0 Å². The van der Waals surface area contributed by atoms with Crippen LogP contribution in [0.2, 0.25) is 0 Å². The second-order valence-electron chi connectivity index (χ2n) is 7.61. The summed E-state index contributed by atoms with van der Waals surface area (Å²) in [4.78, 5) is 42.7. The lowest BCUT2D eigenvalue weighted by atomic mass is 10.1. The Labute approximate surface area is 196 Å². The molecule has 5 rings (SSSR count). The number of sulfone groups is 1. The minimum atomic E-state index is -3.35. The van der Waals surface area contributed by atoms with Crippen molar-refractivity contribution in [1.29, 1.82) is 0 Å². The quantitative estimate of drug-likeness (QED) is 0.397. The Kier molecular flexibility index (Phi) is 5.21. The first-order valence-corrected chi connectivity index (χ1v) is 12.6. The molecule has 0 saturated carbocycles. The number of carbonyl (C=O) groups excluding carboxylic acids is 3. The van der Waals surface area contributed by atoms with Gasteiger partial charge in [-0.1, -0.05) is 28.7 Å². The van der Waals surface area contributed by atoms with Crippen molar-refractivity contribution in [3.8, 4) is 0 Å². The molecule has 13 heteroatoms. The van der Waals surface area contributed by atoms with Crippen LogP contribution in [0.4, 0.5) is 10.8 Å². The molecule has 172 valence electrons. The van der Waals surface area contributed by atoms with Crippen LogP contribution >= 0.6 is 11.3 Å². The molecule has 0 radical (unpaired) electrons. The van der Waals surface area contributed by atoms with Gasteiger partial charge < -0.3 is 5.32 Å². The van der Waals surface area contributed by atoms with Crippen LogP contribution in [0, 0.1) is 0 Å². The Balaban J connectivity index is 1.26. The number of Topliss-reactive ketones (excluding diaryl/α,β-unsaturated/α-hetero) is 1. The molecule has 1 aliphatic heterocycles. The first-order chi connectivity index (χ1) is 16.2. The van der Waals surface area contributed by atoms with Crippen molar-refractivity contribution in [2.75, 3.05) is 16.5 Å². The van der Waals surface area contributed by atoms with Crippen LogP contribution in [-0.4, -0.2) is 52.2 Å². The van der Waals surface area contributed by atoms with E-state index in [9.17, 15) is 22.8 Å². The van der Waals surface area contributed by atoms with Gasteiger partial charge >= 0.3 is 0 Å². The molecule has 2 aromatic heterocycles. The number of anilines is 2. The summed E-state index contributed by atoms with van der Waals surface area (Å²) in [5.74, 6) is -1.61. The number of para-hydroxylation sites is 1. The number of hydrogen-bond acceptors (Lipinski definition) is 9. The van der Waals surface area contributed by atoms with Gasteiger partial charge in [0.2, 0.25) is 5.91 Å². The van der Waals surface area contributed by atoms with Crippen molar-refractivity contribution in [3.63, 3.8) is 0 Å². The molecule has 2 amide bonds. The maximum Gasteiger partial charge on any atom is 0.299 e. The van der Waals surface area contributed by atoms with Gasteiger partial charge in [-0.15, -0.1) is 5.10 Å². The minimum Gasteiger partial charge on any atom is -0.300 e. The third-order valence-electron chi connectivity index (χ3n) is 5.13. The van der Waals surface area contributed by atoms with E-state index < -0.39 is 27.4 Å². The molecule has 11 nitrogen and oxygen atoms in total. The van der Waals surface area contributed by atoms with Gasteiger partial charge in [-0.05, 0) is 30.3 Å². The smallest absolute Gasteiger partial charge is 0.299 e. The first-order valence-electron chi connectivity index (χ1n) is 9.94. The monoisotopic (exact) mass is 496 g/mol. The zero-order chi connectivity index (χ0) is 24.0. The van der Waals surface area contributed by atoms with E-state index in [4.69, 9.17) is 0 Å². The SMILES string of the molecule is CS(=O)(=O)c1ccc2nc(NC(=O)Cn3cc(CN4C(=O)C(=O)c5ccccc54)nn3)sc2c1. The fourth-order valence-corrected chi connectivity index (χ4v) is 5.19. The largest absolute Gasteiger partial charge is 0.300 e. The first kappa shape index (κ1) is 21.9. The molecule has 3 heterocycles. The number of nitrogens with zero attached hydrogens (tertiary/aromatic N) is 5. The zero-order valence-electron chi connectivity index (χ0n) is 17.6. The maximum atomic E-state index is 12.5. The highest BCUT2D eigenvalue weighted by Crippen LogP contribution is 2.30. The Hall–Kier alpha value is -3.97. The molecule has 4 aromatic rings. The molecule has 0 atom stereocenters. The predicted octanol–water partition coefficient (Wildman–Crippen LogP) is 1.66. The average molecular weight is 497 g/mol. The van der Waals surface area contributed by atoms with E-state index >= 15 is 0 Å². The highest BCUT2D eigenvalue weighted by molar-refractivity contribution is 7.90. The number of amides is 2. The van der Waals surface area contributed by atoms with Gasteiger partial charge in [-0.3, -0.25) is 19.3 Å². The van der Waals surface area contributed by atoms with Crippen LogP contribution in [-0.2, 0) is 32.5 Å². The molecule has 1 aliphatic rings. The van der Waals surface area contributed by atoms with Gasteiger partial charge in [0.05, 0.1) is 39.1 Å². The Morgan fingerprint density at radius 1 is 1.15 bits per heavy atom. The number of carbonyl (C=O) groups is 3. The third-order valence-corrected chi connectivity index (χ3v) is 7.17. The number of thiazole rings is 1. The van der Waals surface area contributed by atoms with E-state index in [2.05, 4.69) is 20.6 Å². The predicted molar refractivity (Wildman–Crippen MR) is 123 cm³/mol. The standard InChI is InChI=1S/C21H16N6O5S2/c1-34(31,32)13-6-7-15-17(8-13)33-21(22-15)23-18(28)11-26-9-12(24-25-26)10-27-16-5-3-2-4-14(16)19(29)20(27)30/h2-9H,10-11H2,1H3,(H,22,23,28). The Bertz CT molecular complexity index is 1590. The van der Waals surface area contributed by atoms with Crippen molar-refractivity contribution in [3.05, 3.63) is 59.9 Å². The van der Waals surface area contributed by atoms with Crippen LogP contribution in [0.25, 0.3) is 10.2 Å². The Morgan fingerprint density at radius 3 is 2.74 bits per heavy atom. The minimum absolute atomic E-state index is 0.0454. The molecule has 2 aromatic carbocycles. The van der Waals surface area contributed by atoms with Crippen molar-refractivity contribution >= 4 is 59.8 Å². The molecule has 0 aliphatic carbocycles. The number of benzene rings is 2. The second-order valence-corrected chi connectivity index (χ2v) is 10.7. The van der Waals surface area contributed by atoms with Crippen LogP contribution in [0.5, 0.6) is 0 Å². The van der Waals surface area contributed by atoms with E-state index in [1.54, 1.807) is 30.3 Å². The van der Waals surface area contributed by atoms with Crippen molar-refractivity contribution in [1.82, 2.24) is 20.0 Å². The van der Waals surface area contributed by atoms with Gasteiger partial charge in [-0.25, -0.2) is 18.1 Å². The van der Waals surface area contributed by atoms with Gasteiger partial charge in [0.15, 0.2) is 15.0 Å². The topological polar surface area (TPSA) is 144 Å². The lowest BCUT2D eigenvalue weighted by Crippen LogP contribution is -2.29. The summed E-state index contributed by atoms with van der Waals surface area (Å²) in [6, 6.07) is 11.3. The van der Waals surface area contributed by atoms with Gasteiger partial charge in [-0.2, -0.15) is 0 Å². The molecule has 34 heavy (non-hydrogen) atoms. The maximum absolute atomic E-state index is 12.5. The van der Waals surface area contributed by atoms with E-state index in [0.29, 0.717) is 32.3 Å². The van der Waals surface area contributed by atoms with Crippen molar-refractivity contribution in [2.24, 2.45) is 0 Å². The highest BCUT2D eigenvalue weighted by atomic mass is 32.2. The molecule has 0 saturated heterocycles. The van der Waals surface area contributed by atoms with Gasteiger partial charge in [0, 0.05) is 6.26 Å². The fraction of sp³-hybridized carbons (Fsp3) is 0.143. The van der Waals surface area contributed by atoms with Gasteiger partial charge in [0.25, 0.3) is 11.7 Å². The van der Waals surface area contributed by atoms with Gasteiger partial charge in [0.1, 0.15) is 12.2 Å². The van der Waals surface area contributed by atoms with Crippen LogP contribution < -0.4 is 10.2 Å². The number of ketones is 1. The highest BCUT2D eigenvalue weighted by Gasteiger charge is 2.35. The van der Waals surface area contributed by atoms with Crippen molar-refractivity contribution < 1.29 is 22.8 Å². The summed E-state index contributed by atoms with van der Waals surface area (Å²) in [6.07, 6.45) is 2.65. The lowest BCUT2D eigenvalue weighted by molar-refractivity contribution is -0.117. The lowest BCUT2D eigenvalue weighted by Gasteiger charge is -2.14. The summed E-state index contributed by atoms with van der Waals surface area (Å²) in [5.41, 5.74) is 1.85. The van der Waals surface area contributed by atoms with E-state index in [1.165, 1.54) is 27.9 Å². The molecule has 0 spiro atoms. The molecule has 1 N–H and O–H groups in total. The number of aromatic nitrogens is 4. The second kappa shape index (κ2) is 8.11. The van der Waals surface area contributed by atoms with Crippen LogP contribution in [0.1, 0.15) is 16.1 Å². The summed E-state index contributed by atoms with van der Waals surface area (Å²) in [5, 5.41) is 10.9. The summed E-state index contributed by atoms with van der Waals surface area (Å²) in [7, 11) is -3.35. The van der Waals surface area contributed by atoms with Crippen LogP contribution in [0.15, 0.2) is 53.6 Å². The average Bonchev–Trinajstić information content (AvgIpc) is 3.46. The molecule has 0 fully saturated rings. The van der Waals surface area contributed by atoms with E-state index in [-0.39, 0.29) is 18.0 Å². The fourth-order valence-electron chi connectivity index (χ4n) is 3.55. The molecular formula is C21H16N6O5S2. The molecule has 0 bridgehead atoms. The third kappa shape index (κ3) is 4.06. The van der Waals surface area contributed by atoms with Crippen LogP contribution in [0.3, 0.4) is 0 Å². The Morgan fingerprint density at radius 2 is 1.94 bits per heavy atom. The molecular weight excluding hydrogens is 480 g/mol. The van der Waals surface area contributed by atoms with E-state index in [0.717, 1.165) is 17.6 Å². The number of fused-ring (bicyclic) bond motifs is 2. The summed E-state index contributed by atoms with van der Waals surface area (Å²) in [6.45, 7) is -0.106. The normalized spacial score (nSPS) is 13.5. The zero-order valence-corrected chi connectivity index (χ0v) is 19.3. The number of rotatable bonds is 6. The van der Waals surface area contributed by atoms with E-state index in [1.807, 2.05) is 0 Å². The number of hydrogen-bond donors (Lipinski definition) is 1. The number of nitrogens with one attached hydrogen (secondary N) is 1. The summed E-state index contributed by atoms with van der Waals surface area (Å²) < 4.78 is 25.4. The molecule has 0 unspecified atom stereocenters.